The number of fused-ring (bicyclic) bond motifs is 1. The summed E-state index contributed by atoms with van der Waals surface area (Å²) in [6, 6.07) is 8.61. The van der Waals surface area contributed by atoms with Crippen molar-refractivity contribution in [3.63, 3.8) is 0 Å². The first kappa shape index (κ1) is 10.2. The molecule has 3 N–H and O–H groups in total. The molecule has 80 valence electrons. The number of nitrogens with two attached hydrogens (primary N) is 1. The molecule has 0 amide bonds. The maximum atomic E-state index is 6.08. The zero-order valence-electron chi connectivity index (χ0n) is 9.33. The fourth-order valence-electron chi connectivity index (χ4n) is 2.05. The second-order valence-corrected chi connectivity index (χ2v) is 4.15. The van der Waals surface area contributed by atoms with Crippen LogP contribution in [-0.2, 0) is 0 Å². The third kappa shape index (κ3) is 1.77. The number of rotatable bonds is 3. The quantitative estimate of drug-likeness (QED) is 0.789. The highest BCUT2D eigenvalue weighted by Gasteiger charge is 2.16. The van der Waals surface area contributed by atoms with Crippen LogP contribution in [-0.4, -0.2) is 11.0 Å². The number of benzene rings is 1. The Kier molecular flexibility index (Phi) is 2.78. The Balaban J connectivity index is 2.43. The van der Waals surface area contributed by atoms with Gasteiger partial charge in [0.1, 0.15) is 0 Å². The average Bonchev–Trinajstić information content (AvgIpc) is 2.70. The van der Waals surface area contributed by atoms with Crippen LogP contribution in [0.5, 0.6) is 0 Å². The average molecular weight is 202 g/mol. The van der Waals surface area contributed by atoms with Crippen molar-refractivity contribution in [2.24, 2.45) is 5.73 Å². The number of hydrogen-bond donors (Lipinski definition) is 2. The first-order valence-corrected chi connectivity index (χ1v) is 5.55. The van der Waals surface area contributed by atoms with Crippen molar-refractivity contribution in [3.05, 3.63) is 36.0 Å². The topological polar surface area (TPSA) is 41.8 Å². The first-order valence-electron chi connectivity index (χ1n) is 5.55. The lowest BCUT2D eigenvalue weighted by Gasteiger charge is -2.17. The normalized spacial score (nSPS) is 15.4. The second kappa shape index (κ2) is 4.07. The highest BCUT2D eigenvalue weighted by Crippen LogP contribution is 2.27. The second-order valence-electron chi connectivity index (χ2n) is 4.15. The van der Waals surface area contributed by atoms with Crippen molar-refractivity contribution < 1.29 is 0 Å². The van der Waals surface area contributed by atoms with Crippen LogP contribution < -0.4 is 5.73 Å². The number of aromatic nitrogens is 1. The van der Waals surface area contributed by atoms with Gasteiger partial charge in [0.05, 0.1) is 0 Å². The summed E-state index contributed by atoms with van der Waals surface area (Å²) in [4.78, 5) is 3.29. The minimum atomic E-state index is 0.240. The Hall–Kier alpha value is -1.28. The fourth-order valence-corrected chi connectivity index (χ4v) is 2.05. The van der Waals surface area contributed by atoms with Crippen molar-refractivity contribution in [2.75, 3.05) is 0 Å². The van der Waals surface area contributed by atoms with Gasteiger partial charge in [-0.1, -0.05) is 32.0 Å². The number of hydrogen-bond acceptors (Lipinski definition) is 1. The molecule has 0 aliphatic heterocycles. The zero-order chi connectivity index (χ0) is 10.8. The summed E-state index contributed by atoms with van der Waals surface area (Å²) in [6.07, 6.45) is 3.10. The number of nitrogens with one attached hydrogen (secondary N) is 1. The summed E-state index contributed by atoms with van der Waals surface area (Å²) in [6.45, 7) is 4.33. The van der Waals surface area contributed by atoms with Gasteiger partial charge in [-0.3, -0.25) is 0 Å². The first-order chi connectivity index (χ1) is 7.24. The van der Waals surface area contributed by atoms with Gasteiger partial charge in [0, 0.05) is 23.1 Å². The molecule has 2 rings (SSSR count). The maximum Gasteiger partial charge on any atom is 0.0456 e. The lowest BCUT2D eigenvalue weighted by atomic mass is 9.92. The molecule has 2 aromatic rings. The van der Waals surface area contributed by atoms with E-state index < -0.39 is 0 Å². The van der Waals surface area contributed by atoms with Gasteiger partial charge < -0.3 is 10.7 Å². The molecule has 15 heavy (non-hydrogen) atoms. The van der Waals surface area contributed by atoms with E-state index in [0.717, 1.165) is 6.42 Å². The van der Waals surface area contributed by atoms with Crippen molar-refractivity contribution in [2.45, 2.75) is 32.2 Å². The highest BCUT2D eigenvalue weighted by atomic mass is 14.7. The Labute approximate surface area is 90.5 Å². The smallest absolute Gasteiger partial charge is 0.0456 e. The third-order valence-corrected chi connectivity index (χ3v) is 3.23. The van der Waals surface area contributed by atoms with Crippen LogP contribution >= 0.6 is 0 Å². The van der Waals surface area contributed by atoms with E-state index in [2.05, 4.69) is 43.2 Å². The Morgan fingerprint density at radius 3 is 2.80 bits per heavy atom. The van der Waals surface area contributed by atoms with E-state index in [4.69, 9.17) is 5.73 Å². The zero-order valence-corrected chi connectivity index (χ0v) is 9.33. The maximum absolute atomic E-state index is 6.08. The highest BCUT2D eigenvalue weighted by molar-refractivity contribution is 5.83. The lowest BCUT2D eigenvalue weighted by molar-refractivity contribution is 0.554. The number of para-hydroxylation sites is 1. The van der Waals surface area contributed by atoms with Crippen LogP contribution in [0, 0.1) is 0 Å². The monoisotopic (exact) mass is 202 g/mol. The van der Waals surface area contributed by atoms with Crippen molar-refractivity contribution in [3.8, 4) is 0 Å². The van der Waals surface area contributed by atoms with Crippen molar-refractivity contribution in [1.82, 2.24) is 4.98 Å². The standard InChI is InChI=1S/C13H18N2/c1-3-12(14)9(2)11-8-15-13-7-5-4-6-10(11)13/h4-9,12,15H,3,14H2,1-2H3/t9-,12+/m1/s1. The van der Waals surface area contributed by atoms with Crippen molar-refractivity contribution >= 4 is 10.9 Å². The lowest BCUT2D eigenvalue weighted by Crippen LogP contribution is -2.25. The molecule has 0 aliphatic carbocycles. The van der Waals surface area contributed by atoms with Gasteiger partial charge >= 0.3 is 0 Å². The summed E-state index contributed by atoms with van der Waals surface area (Å²) in [5.74, 6) is 0.408. The molecule has 2 heteroatoms. The molecule has 0 fully saturated rings. The third-order valence-electron chi connectivity index (χ3n) is 3.23. The number of H-pyrrole nitrogens is 1. The molecule has 1 heterocycles. The molecule has 0 saturated heterocycles. The van der Waals surface area contributed by atoms with Gasteiger partial charge in [0.15, 0.2) is 0 Å². The summed E-state index contributed by atoms with van der Waals surface area (Å²) >= 11 is 0. The van der Waals surface area contributed by atoms with Gasteiger partial charge in [0.2, 0.25) is 0 Å². The van der Waals surface area contributed by atoms with Gasteiger partial charge in [-0.05, 0) is 24.0 Å². The Morgan fingerprint density at radius 2 is 2.07 bits per heavy atom. The molecule has 0 saturated carbocycles. The van der Waals surface area contributed by atoms with Gasteiger partial charge in [-0.15, -0.1) is 0 Å². The summed E-state index contributed by atoms with van der Waals surface area (Å²) in [7, 11) is 0. The van der Waals surface area contributed by atoms with E-state index in [1.807, 2.05) is 6.07 Å². The molecule has 2 nitrogen and oxygen atoms in total. The van der Waals surface area contributed by atoms with Crippen LogP contribution in [0.3, 0.4) is 0 Å². The number of aromatic amines is 1. The van der Waals surface area contributed by atoms with Crippen LogP contribution in [0.25, 0.3) is 10.9 Å². The van der Waals surface area contributed by atoms with E-state index in [0.29, 0.717) is 5.92 Å². The predicted molar refractivity (Wildman–Crippen MR) is 65.0 cm³/mol. The molecule has 2 atom stereocenters. The van der Waals surface area contributed by atoms with E-state index >= 15 is 0 Å². The predicted octanol–water partition coefficient (Wildman–Crippen LogP) is 3.01. The summed E-state index contributed by atoms with van der Waals surface area (Å²) < 4.78 is 0. The van der Waals surface area contributed by atoms with E-state index in [9.17, 15) is 0 Å². The largest absolute Gasteiger partial charge is 0.361 e. The minimum absolute atomic E-state index is 0.240. The molecule has 0 radical (unpaired) electrons. The Morgan fingerprint density at radius 1 is 1.33 bits per heavy atom. The van der Waals surface area contributed by atoms with Gasteiger partial charge in [-0.25, -0.2) is 0 Å². The molecule has 0 bridgehead atoms. The van der Waals surface area contributed by atoms with Gasteiger partial charge in [0.25, 0.3) is 0 Å². The Bertz CT molecular complexity index is 444. The van der Waals surface area contributed by atoms with Gasteiger partial charge in [-0.2, -0.15) is 0 Å². The van der Waals surface area contributed by atoms with E-state index in [-0.39, 0.29) is 6.04 Å². The van der Waals surface area contributed by atoms with Crippen molar-refractivity contribution in [1.29, 1.82) is 0 Å². The van der Waals surface area contributed by atoms with Crippen LogP contribution in [0.1, 0.15) is 31.7 Å². The van der Waals surface area contributed by atoms with E-state index in [1.54, 1.807) is 0 Å². The minimum Gasteiger partial charge on any atom is -0.361 e. The molecule has 0 spiro atoms. The molecular weight excluding hydrogens is 184 g/mol. The van der Waals surface area contributed by atoms with Crippen LogP contribution in [0.4, 0.5) is 0 Å². The van der Waals surface area contributed by atoms with Crippen LogP contribution in [0.2, 0.25) is 0 Å². The molecule has 1 aromatic carbocycles. The fraction of sp³-hybridized carbons (Fsp3) is 0.385. The van der Waals surface area contributed by atoms with E-state index in [1.165, 1.54) is 16.5 Å². The van der Waals surface area contributed by atoms with Crippen LogP contribution in [0.15, 0.2) is 30.5 Å². The molecule has 0 unspecified atom stereocenters. The summed E-state index contributed by atoms with van der Waals surface area (Å²) in [5.41, 5.74) is 8.62. The SMILES string of the molecule is CC[C@H](N)[C@H](C)c1c[nH]c2ccccc12. The molecular formula is C13H18N2. The summed E-state index contributed by atoms with van der Waals surface area (Å²) in [5, 5.41) is 1.30. The molecule has 0 aliphatic rings. The molecule has 1 aromatic heterocycles.